The second kappa shape index (κ2) is 7.23. The van der Waals surface area contributed by atoms with Gasteiger partial charge in [0.1, 0.15) is 5.60 Å². The number of para-hydroxylation sites is 1. The number of nitrogens with two attached hydrogens (primary N) is 1. The molecule has 0 aliphatic carbocycles. The van der Waals surface area contributed by atoms with Gasteiger partial charge in [-0.05, 0) is 32.9 Å². The van der Waals surface area contributed by atoms with Crippen LogP contribution in [-0.4, -0.2) is 39.3 Å². The number of carbonyl (C=O) groups is 1. The Hall–Kier alpha value is -2.41. The first-order valence-corrected chi connectivity index (χ1v) is 7.52. The Labute approximate surface area is 135 Å². The van der Waals surface area contributed by atoms with Gasteiger partial charge in [0.05, 0.1) is 17.6 Å². The van der Waals surface area contributed by atoms with Crippen LogP contribution >= 0.6 is 0 Å². The molecule has 124 valence electrons. The lowest BCUT2D eigenvalue weighted by molar-refractivity contribution is 0.0524. The molecule has 1 unspecified atom stereocenters. The molecular weight excluding hydrogens is 294 g/mol. The van der Waals surface area contributed by atoms with E-state index in [1.807, 2.05) is 57.3 Å². The summed E-state index contributed by atoms with van der Waals surface area (Å²) in [7, 11) is 0. The van der Waals surface area contributed by atoms with Crippen LogP contribution in [0.3, 0.4) is 0 Å². The lowest BCUT2D eigenvalue weighted by atomic mass is 10.2. The SMILES string of the molecule is CC(C)(C)OC(=O)NCC(N)Cc1cn(-c2ccccc2)nn1. The number of aromatic nitrogens is 3. The van der Waals surface area contributed by atoms with E-state index in [0.717, 1.165) is 11.4 Å². The van der Waals surface area contributed by atoms with E-state index in [2.05, 4.69) is 15.6 Å². The van der Waals surface area contributed by atoms with Crippen molar-refractivity contribution < 1.29 is 9.53 Å². The van der Waals surface area contributed by atoms with Crippen molar-refractivity contribution in [3.63, 3.8) is 0 Å². The van der Waals surface area contributed by atoms with Crippen LogP contribution in [0.25, 0.3) is 5.69 Å². The zero-order valence-electron chi connectivity index (χ0n) is 13.7. The number of hydrogen-bond donors (Lipinski definition) is 2. The first-order valence-electron chi connectivity index (χ1n) is 7.52. The van der Waals surface area contributed by atoms with Crippen molar-refractivity contribution in [3.05, 3.63) is 42.2 Å². The molecule has 0 radical (unpaired) electrons. The summed E-state index contributed by atoms with van der Waals surface area (Å²) in [5.41, 5.74) is 7.20. The molecule has 23 heavy (non-hydrogen) atoms. The molecule has 0 aliphatic heterocycles. The third-order valence-electron chi connectivity index (χ3n) is 2.94. The normalized spacial score (nSPS) is 12.7. The van der Waals surface area contributed by atoms with E-state index in [1.54, 1.807) is 4.68 Å². The van der Waals surface area contributed by atoms with Gasteiger partial charge in [0.2, 0.25) is 0 Å². The highest BCUT2D eigenvalue weighted by atomic mass is 16.6. The second-order valence-corrected chi connectivity index (χ2v) is 6.34. The average Bonchev–Trinajstić information content (AvgIpc) is 2.93. The van der Waals surface area contributed by atoms with E-state index < -0.39 is 11.7 Å². The second-order valence-electron chi connectivity index (χ2n) is 6.34. The number of ether oxygens (including phenoxy) is 1. The molecule has 0 saturated carbocycles. The predicted molar refractivity (Wildman–Crippen MR) is 87.3 cm³/mol. The number of carbonyl (C=O) groups excluding carboxylic acids is 1. The Morgan fingerprint density at radius 2 is 2.04 bits per heavy atom. The summed E-state index contributed by atoms with van der Waals surface area (Å²) in [5, 5.41) is 10.8. The summed E-state index contributed by atoms with van der Waals surface area (Å²) in [4.78, 5) is 11.6. The number of nitrogens with zero attached hydrogens (tertiary/aromatic N) is 3. The molecule has 0 spiro atoms. The molecule has 0 fully saturated rings. The van der Waals surface area contributed by atoms with Crippen molar-refractivity contribution in [2.45, 2.75) is 38.8 Å². The van der Waals surface area contributed by atoms with E-state index in [4.69, 9.17) is 10.5 Å². The highest BCUT2D eigenvalue weighted by Crippen LogP contribution is 2.08. The van der Waals surface area contributed by atoms with E-state index in [-0.39, 0.29) is 6.04 Å². The quantitative estimate of drug-likeness (QED) is 0.874. The van der Waals surface area contributed by atoms with Crippen molar-refractivity contribution in [1.82, 2.24) is 20.3 Å². The molecule has 1 amide bonds. The Kier molecular flexibility index (Phi) is 5.33. The number of alkyl carbamates (subject to hydrolysis) is 1. The summed E-state index contributed by atoms with van der Waals surface area (Å²) in [6, 6.07) is 9.45. The topological polar surface area (TPSA) is 95.1 Å². The summed E-state index contributed by atoms with van der Waals surface area (Å²) in [6.07, 6.45) is 1.88. The average molecular weight is 317 g/mol. The fourth-order valence-corrected chi connectivity index (χ4v) is 1.97. The number of hydrogen-bond acceptors (Lipinski definition) is 5. The fraction of sp³-hybridized carbons (Fsp3) is 0.438. The molecule has 2 rings (SSSR count). The first-order chi connectivity index (χ1) is 10.8. The maximum atomic E-state index is 11.6. The molecule has 2 aromatic rings. The summed E-state index contributed by atoms with van der Waals surface area (Å²) in [6.45, 7) is 5.75. The van der Waals surface area contributed by atoms with E-state index in [0.29, 0.717) is 13.0 Å². The van der Waals surface area contributed by atoms with E-state index in [9.17, 15) is 4.79 Å². The highest BCUT2D eigenvalue weighted by Gasteiger charge is 2.17. The Bertz CT molecular complexity index is 633. The lowest BCUT2D eigenvalue weighted by Crippen LogP contribution is -2.41. The molecule has 0 bridgehead atoms. The number of nitrogens with one attached hydrogen (secondary N) is 1. The Morgan fingerprint density at radius 3 is 2.70 bits per heavy atom. The third kappa shape index (κ3) is 5.71. The van der Waals surface area contributed by atoms with Gasteiger partial charge in [-0.25, -0.2) is 9.48 Å². The van der Waals surface area contributed by atoms with Gasteiger partial charge >= 0.3 is 6.09 Å². The maximum Gasteiger partial charge on any atom is 0.407 e. The van der Waals surface area contributed by atoms with Gasteiger partial charge in [0.15, 0.2) is 0 Å². The molecule has 0 aliphatic rings. The standard InChI is InChI=1S/C16H23N5O2/c1-16(2,3)23-15(22)18-10-12(17)9-13-11-21(20-19-13)14-7-5-4-6-8-14/h4-8,11-12H,9-10,17H2,1-3H3,(H,18,22). The van der Waals surface area contributed by atoms with Gasteiger partial charge in [-0.2, -0.15) is 0 Å². The van der Waals surface area contributed by atoms with Gasteiger partial charge in [-0.1, -0.05) is 23.4 Å². The molecule has 1 heterocycles. The highest BCUT2D eigenvalue weighted by molar-refractivity contribution is 5.67. The summed E-state index contributed by atoms with van der Waals surface area (Å²) in [5.74, 6) is 0. The van der Waals surface area contributed by atoms with Crippen molar-refractivity contribution >= 4 is 6.09 Å². The molecule has 3 N–H and O–H groups in total. The van der Waals surface area contributed by atoms with Crippen molar-refractivity contribution in [2.75, 3.05) is 6.54 Å². The van der Waals surface area contributed by atoms with Crippen LogP contribution in [0, 0.1) is 0 Å². The van der Waals surface area contributed by atoms with Crippen molar-refractivity contribution in [2.24, 2.45) is 5.73 Å². The molecular formula is C16H23N5O2. The lowest BCUT2D eigenvalue weighted by Gasteiger charge is -2.20. The predicted octanol–water partition coefficient (Wildman–Crippen LogP) is 1.66. The molecule has 1 atom stereocenters. The van der Waals surface area contributed by atoms with Gasteiger partial charge in [-0.15, -0.1) is 5.10 Å². The van der Waals surface area contributed by atoms with Crippen LogP contribution in [0.2, 0.25) is 0 Å². The minimum Gasteiger partial charge on any atom is -0.444 e. The smallest absolute Gasteiger partial charge is 0.407 e. The van der Waals surface area contributed by atoms with Crippen LogP contribution < -0.4 is 11.1 Å². The van der Waals surface area contributed by atoms with Crippen molar-refractivity contribution in [3.8, 4) is 5.69 Å². The zero-order chi connectivity index (χ0) is 16.9. The van der Waals surface area contributed by atoms with Crippen LogP contribution in [0.5, 0.6) is 0 Å². The summed E-state index contributed by atoms with van der Waals surface area (Å²) >= 11 is 0. The minimum atomic E-state index is -0.521. The maximum absolute atomic E-state index is 11.6. The van der Waals surface area contributed by atoms with Crippen molar-refractivity contribution in [1.29, 1.82) is 0 Å². The van der Waals surface area contributed by atoms with Crippen LogP contribution in [0.15, 0.2) is 36.5 Å². The van der Waals surface area contributed by atoms with Gasteiger partial charge in [-0.3, -0.25) is 0 Å². The van der Waals surface area contributed by atoms with Crippen LogP contribution in [0.4, 0.5) is 4.79 Å². The number of rotatable bonds is 5. The Morgan fingerprint density at radius 1 is 1.35 bits per heavy atom. The molecule has 7 nitrogen and oxygen atoms in total. The van der Waals surface area contributed by atoms with E-state index in [1.165, 1.54) is 0 Å². The first kappa shape index (κ1) is 17.0. The Balaban J connectivity index is 1.83. The largest absolute Gasteiger partial charge is 0.444 e. The van der Waals surface area contributed by atoms with Crippen LogP contribution in [-0.2, 0) is 11.2 Å². The van der Waals surface area contributed by atoms with Gasteiger partial charge < -0.3 is 15.8 Å². The molecule has 0 saturated heterocycles. The zero-order valence-corrected chi connectivity index (χ0v) is 13.7. The van der Waals surface area contributed by atoms with Crippen LogP contribution in [0.1, 0.15) is 26.5 Å². The molecule has 1 aromatic carbocycles. The monoisotopic (exact) mass is 317 g/mol. The molecule has 1 aromatic heterocycles. The number of amides is 1. The third-order valence-corrected chi connectivity index (χ3v) is 2.94. The van der Waals surface area contributed by atoms with E-state index >= 15 is 0 Å². The fourth-order valence-electron chi connectivity index (χ4n) is 1.97. The van der Waals surface area contributed by atoms with Gasteiger partial charge in [0, 0.05) is 19.0 Å². The number of benzene rings is 1. The van der Waals surface area contributed by atoms with Gasteiger partial charge in [0.25, 0.3) is 0 Å². The molecule has 7 heteroatoms. The minimum absolute atomic E-state index is 0.261. The summed E-state index contributed by atoms with van der Waals surface area (Å²) < 4.78 is 6.86.